The molecule has 0 aliphatic heterocycles. The van der Waals surface area contributed by atoms with Gasteiger partial charge < -0.3 is 19.7 Å². The molecule has 1 unspecified atom stereocenters. The number of aliphatic carboxylic acids is 1. The minimum absolute atomic E-state index is 0.0503. The lowest BCUT2D eigenvalue weighted by Crippen LogP contribution is -2.43. The standard InChI is InChI=1S/C12H18N2O5S/c1-8-7-20-12(18)14(8)5-3-4-10(15)13-9(6-19-2)11(16)17/h7,9H,3-6H2,1-2H3,(H,13,15)(H,16,17). The molecule has 0 aliphatic rings. The van der Waals surface area contributed by atoms with Gasteiger partial charge in [-0.15, -0.1) is 0 Å². The molecular weight excluding hydrogens is 284 g/mol. The molecule has 1 aromatic heterocycles. The summed E-state index contributed by atoms with van der Waals surface area (Å²) in [6.45, 7) is 2.20. The predicted octanol–water partition coefficient (Wildman–Crippen LogP) is 0.214. The van der Waals surface area contributed by atoms with E-state index in [4.69, 9.17) is 9.84 Å². The molecule has 1 amide bonds. The Morgan fingerprint density at radius 1 is 1.55 bits per heavy atom. The van der Waals surface area contributed by atoms with E-state index in [9.17, 15) is 14.4 Å². The molecule has 1 atom stereocenters. The number of rotatable bonds is 8. The second-order valence-electron chi connectivity index (χ2n) is 4.31. The minimum Gasteiger partial charge on any atom is -0.480 e. The van der Waals surface area contributed by atoms with Gasteiger partial charge in [0.05, 0.1) is 6.61 Å². The first-order valence-corrected chi connectivity index (χ1v) is 6.99. The van der Waals surface area contributed by atoms with Gasteiger partial charge in [-0.2, -0.15) is 0 Å². The molecule has 1 aromatic rings. The summed E-state index contributed by atoms with van der Waals surface area (Å²) in [5.74, 6) is -1.50. The van der Waals surface area contributed by atoms with E-state index in [-0.39, 0.29) is 23.8 Å². The van der Waals surface area contributed by atoms with Crippen LogP contribution in [-0.2, 0) is 20.9 Å². The minimum atomic E-state index is -1.13. The smallest absolute Gasteiger partial charge is 0.328 e. The first-order chi connectivity index (χ1) is 9.45. The molecule has 0 radical (unpaired) electrons. The van der Waals surface area contributed by atoms with Crippen molar-refractivity contribution in [2.45, 2.75) is 32.4 Å². The van der Waals surface area contributed by atoms with E-state index in [0.717, 1.165) is 17.0 Å². The lowest BCUT2D eigenvalue weighted by atomic mass is 10.2. The second-order valence-corrected chi connectivity index (χ2v) is 5.13. The third-order valence-corrected chi connectivity index (χ3v) is 3.61. The van der Waals surface area contributed by atoms with Gasteiger partial charge in [0.2, 0.25) is 5.91 Å². The summed E-state index contributed by atoms with van der Waals surface area (Å²) >= 11 is 1.12. The Kier molecular flexibility index (Phi) is 6.40. The Labute approximate surface area is 120 Å². The molecule has 0 aromatic carbocycles. The zero-order valence-corrected chi connectivity index (χ0v) is 12.2. The van der Waals surface area contributed by atoms with Gasteiger partial charge >= 0.3 is 10.8 Å². The molecule has 8 heteroatoms. The van der Waals surface area contributed by atoms with Crippen molar-refractivity contribution in [3.05, 3.63) is 20.7 Å². The fraction of sp³-hybridized carbons (Fsp3) is 0.583. The van der Waals surface area contributed by atoms with Crippen LogP contribution in [0.1, 0.15) is 18.5 Å². The Hall–Kier alpha value is -1.67. The fourth-order valence-electron chi connectivity index (χ4n) is 1.68. The van der Waals surface area contributed by atoms with Crippen molar-refractivity contribution >= 4 is 23.2 Å². The average Bonchev–Trinajstić information content (AvgIpc) is 2.69. The maximum absolute atomic E-state index is 11.6. The first-order valence-electron chi connectivity index (χ1n) is 6.11. The summed E-state index contributed by atoms with van der Waals surface area (Å²) in [5.41, 5.74) is 0.864. The molecular formula is C12H18N2O5S. The number of hydrogen-bond acceptors (Lipinski definition) is 5. The number of thiazole rings is 1. The molecule has 0 spiro atoms. The molecule has 20 heavy (non-hydrogen) atoms. The van der Waals surface area contributed by atoms with Crippen molar-refractivity contribution in [3.63, 3.8) is 0 Å². The molecule has 0 saturated heterocycles. The van der Waals surface area contributed by atoms with Crippen LogP contribution in [0.5, 0.6) is 0 Å². The Bertz CT molecular complexity index is 522. The number of ether oxygens (including phenoxy) is 1. The Morgan fingerprint density at radius 2 is 2.25 bits per heavy atom. The summed E-state index contributed by atoms with van der Waals surface area (Å²) in [6, 6.07) is -1.04. The predicted molar refractivity (Wildman–Crippen MR) is 74.0 cm³/mol. The van der Waals surface area contributed by atoms with Crippen molar-refractivity contribution in [1.82, 2.24) is 9.88 Å². The third kappa shape index (κ3) is 4.78. The second kappa shape index (κ2) is 7.81. The fourth-order valence-corrected chi connectivity index (χ4v) is 2.44. The number of hydrogen-bond donors (Lipinski definition) is 2. The van der Waals surface area contributed by atoms with Gasteiger partial charge in [0.25, 0.3) is 0 Å². The number of carboxylic acids is 1. The number of carbonyl (C=O) groups is 2. The topological polar surface area (TPSA) is 97.6 Å². The highest BCUT2D eigenvalue weighted by Gasteiger charge is 2.19. The number of nitrogens with zero attached hydrogens (tertiary/aromatic N) is 1. The van der Waals surface area contributed by atoms with Crippen molar-refractivity contribution in [2.24, 2.45) is 0 Å². The summed E-state index contributed by atoms with van der Waals surface area (Å²) in [6.07, 6.45) is 0.637. The van der Waals surface area contributed by atoms with Crippen molar-refractivity contribution in [2.75, 3.05) is 13.7 Å². The maximum atomic E-state index is 11.6. The molecule has 112 valence electrons. The zero-order valence-electron chi connectivity index (χ0n) is 11.4. The molecule has 1 heterocycles. The van der Waals surface area contributed by atoms with Crippen LogP contribution >= 0.6 is 11.3 Å². The SMILES string of the molecule is COCC(NC(=O)CCCn1c(C)csc1=O)C(=O)O. The maximum Gasteiger partial charge on any atom is 0.328 e. The van der Waals surface area contributed by atoms with E-state index in [1.807, 2.05) is 6.92 Å². The van der Waals surface area contributed by atoms with Gasteiger partial charge in [0, 0.05) is 31.1 Å². The lowest BCUT2D eigenvalue weighted by Gasteiger charge is -2.13. The highest BCUT2D eigenvalue weighted by Crippen LogP contribution is 2.02. The zero-order chi connectivity index (χ0) is 15.1. The number of nitrogens with one attached hydrogen (secondary N) is 1. The average molecular weight is 302 g/mol. The largest absolute Gasteiger partial charge is 0.480 e. The lowest BCUT2D eigenvalue weighted by molar-refractivity contribution is -0.143. The van der Waals surface area contributed by atoms with E-state index in [2.05, 4.69) is 5.32 Å². The van der Waals surface area contributed by atoms with Gasteiger partial charge in [-0.3, -0.25) is 9.59 Å². The summed E-state index contributed by atoms with van der Waals surface area (Å²) < 4.78 is 6.32. The van der Waals surface area contributed by atoms with Crippen molar-refractivity contribution in [1.29, 1.82) is 0 Å². The van der Waals surface area contributed by atoms with Gasteiger partial charge in [0.1, 0.15) is 0 Å². The van der Waals surface area contributed by atoms with Gasteiger partial charge in [-0.05, 0) is 13.3 Å². The van der Waals surface area contributed by atoms with E-state index < -0.39 is 12.0 Å². The molecule has 2 N–H and O–H groups in total. The third-order valence-electron chi connectivity index (χ3n) is 2.73. The molecule has 0 fully saturated rings. The van der Waals surface area contributed by atoms with Crippen molar-refractivity contribution in [3.8, 4) is 0 Å². The van der Waals surface area contributed by atoms with Crippen LogP contribution in [0.15, 0.2) is 10.2 Å². The van der Waals surface area contributed by atoms with Crippen LogP contribution in [0, 0.1) is 6.92 Å². The van der Waals surface area contributed by atoms with Crippen LogP contribution < -0.4 is 10.2 Å². The van der Waals surface area contributed by atoms with E-state index >= 15 is 0 Å². The van der Waals surface area contributed by atoms with E-state index in [0.29, 0.717) is 13.0 Å². The van der Waals surface area contributed by atoms with Gasteiger partial charge in [-0.1, -0.05) is 11.3 Å². The number of carbonyl (C=O) groups excluding carboxylic acids is 1. The number of aryl methyl sites for hydroxylation is 1. The summed E-state index contributed by atoms with van der Waals surface area (Å²) in [7, 11) is 1.37. The quantitative estimate of drug-likeness (QED) is 0.715. The van der Waals surface area contributed by atoms with Gasteiger partial charge in [0.15, 0.2) is 6.04 Å². The highest BCUT2D eigenvalue weighted by molar-refractivity contribution is 7.07. The molecule has 1 rings (SSSR count). The molecule has 0 saturated carbocycles. The highest BCUT2D eigenvalue weighted by atomic mass is 32.1. The number of carboxylic acid groups (broad SMARTS) is 1. The van der Waals surface area contributed by atoms with Gasteiger partial charge in [-0.25, -0.2) is 4.79 Å². The van der Waals surface area contributed by atoms with Crippen LogP contribution in [0.3, 0.4) is 0 Å². The Balaban J connectivity index is 2.40. The van der Waals surface area contributed by atoms with Crippen LogP contribution in [-0.4, -0.2) is 41.3 Å². The molecule has 7 nitrogen and oxygen atoms in total. The number of methoxy groups -OCH3 is 1. The first kappa shape index (κ1) is 16.4. The van der Waals surface area contributed by atoms with E-state index in [1.165, 1.54) is 7.11 Å². The van der Waals surface area contributed by atoms with Crippen molar-refractivity contribution < 1.29 is 19.4 Å². The molecule has 0 bridgehead atoms. The van der Waals surface area contributed by atoms with Crippen LogP contribution in [0.25, 0.3) is 0 Å². The normalized spacial score (nSPS) is 12.1. The monoisotopic (exact) mass is 302 g/mol. The summed E-state index contributed by atoms with van der Waals surface area (Å²) in [4.78, 5) is 33.9. The Morgan fingerprint density at radius 3 is 2.75 bits per heavy atom. The summed E-state index contributed by atoms with van der Waals surface area (Å²) in [5, 5.41) is 13.0. The van der Waals surface area contributed by atoms with E-state index in [1.54, 1.807) is 9.95 Å². The molecule has 0 aliphatic carbocycles. The number of amides is 1. The number of aromatic nitrogens is 1. The van der Waals surface area contributed by atoms with Crippen LogP contribution in [0.2, 0.25) is 0 Å². The van der Waals surface area contributed by atoms with Crippen LogP contribution in [0.4, 0.5) is 0 Å².